The average Bonchev–Trinajstić information content (AvgIpc) is 2.79. The van der Waals surface area contributed by atoms with Gasteiger partial charge in [0, 0.05) is 18.5 Å². The number of benzene rings is 1. The summed E-state index contributed by atoms with van der Waals surface area (Å²) in [5, 5.41) is 11.8. The Kier molecular flexibility index (Phi) is 6.23. The van der Waals surface area contributed by atoms with Crippen LogP contribution in [0.2, 0.25) is 0 Å². The number of nitrogens with zero attached hydrogens (tertiary/aromatic N) is 4. The molecule has 1 aliphatic heterocycles. The number of aryl methyl sites for hydroxylation is 1. The molecule has 29 heavy (non-hydrogen) atoms. The Labute approximate surface area is 171 Å². The molecule has 4 rings (SSSR count). The molecule has 1 aromatic carbocycles. The summed E-state index contributed by atoms with van der Waals surface area (Å²) in [4.78, 5) is 27.7. The first kappa shape index (κ1) is 20.0. The monoisotopic (exact) mass is 397 g/mol. The van der Waals surface area contributed by atoms with E-state index in [9.17, 15) is 9.59 Å². The van der Waals surface area contributed by atoms with Gasteiger partial charge in [-0.3, -0.25) is 14.5 Å². The number of fused-ring (bicyclic) bond motifs is 1. The number of rotatable bonds is 6. The third-order valence-corrected chi connectivity index (χ3v) is 6.61. The maximum atomic E-state index is 12.6. The zero-order valence-electron chi connectivity index (χ0n) is 17.1. The van der Waals surface area contributed by atoms with E-state index in [-0.39, 0.29) is 30.0 Å². The molecule has 2 heterocycles. The second-order valence-electron chi connectivity index (χ2n) is 8.49. The predicted molar refractivity (Wildman–Crippen MR) is 113 cm³/mol. The molecular weight excluding hydrogens is 366 g/mol. The number of nitrogens with one attached hydrogen (secondary N) is 1. The largest absolute Gasteiger partial charge is 0.354 e. The van der Waals surface area contributed by atoms with Gasteiger partial charge >= 0.3 is 0 Å². The summed E-state index contributed by atoms with van der Waals surface area (Å²) in [7, 11) is 0. The van der Waals surface area contributed by atoms with E-state index >= 15 is 0 Å². The molecule has 0 unspecified atom stereocenters. The van der Waals surface area contributed by atoms with E-state index < -0.39 is 0 Å². The van der Waals surface area contributed by atoms with Gasteiger partial charge < -0.3 is 5.32 Å². The highest BCUT2D eigenvalue weighted by Crippen LogP contribution is 2.35. The Morgan fingerprint density at radius 2 is 1.76 bits per heavy atom. The van der Waals surface area contributed by atoms with E-state index in [1.54, 1.807) is 12.1 Å². The minimum absolute atomic E-state index is 0.0196. The Morgan fingerprint density at radius 3 is 2.55 bits per heavy atom. The van der Waals surface area contributed by atoms with Crippen molar-refractivity contribution in [2.24, 2.45) is 0 Å². The lowest BCUT2D eigenvalue weighted by Gasteiger charge is -2.48. The van der Waals surface area contributed by atoms with Crippen LogP contribution in [0.4, 0.5) is 0 Å². The number of amides is 1. The van der Waals surface area contributed by atoms with Crippen LogP contribution in [0.1, 0.15) is 57.8 Å². The lowest BCUT2D eigenvalue weighted by Crippen LogP contribution is -2.58. The van der Waals surface area contributed by atoms with Gasteiger partial charge in [-0.2, -0.15) is 0 Å². The highest BCUT2D eigenvalue weighted by Gasteiger charge is 2.38. The van der Waals surface area contributed by atoms with Crippen molar-refractivity contribution in [2.45, 2.75) is 69.9 Å². The Morgan fingerprint density at radius 1 is 1.03 bits per heavy atom. The number of likely N-dealkylation sites (tertiary alicyclic amines) is 1. The number of piperidine rings is 1. The van der Waals surface area contributed by atoms with Crippen molar-refractivity contribution in [3.8, 4) is 0 Å². The van der Waals surface area contributed by atoms with Gasteiger partial charge in [0.25, 0.3) is 5.56 Å². The fourth-order valence-corrected chi connectivity index (χ4v) is 4.91. The lowest BCUT2D eigenvalue weighted by molar-refractivity contribution is -0.122. The summed E-state index contributed by atoms with van der Waals surface area (Å²) < 4.78 is 1.29. The fraction of sp³-hybridized carbons (Fsp3) is 0.636. The quantitative estimate of drug-likeness (QED) is 0.810. The molecule has 1 aromatic heterocycles. The Hall–Kier alpha value is -2.28. The van der Waals surface area contributed by atoms with E-state index in [0.29, 0.717) is 17.4 Å². The van der Waals surface area contributed by atoms with Gasteiger partial charge in [-0.1, -0.05) is 43.0 Å². The van der Waals surface area contributed by atoms with E-state index in [0.717, 1.165) is 13.1 Å². The Bertz CT molecular complexity index is 897. The summed E-state index contributed by atoms with van der Waals surface area (Å²) in [6, 6.07) is 7.16. The summed E-state index contributed by atoms with van der Waals surface area (Å²) in [6.07, 6.45) is 10.2. The van der Waals surface area contributed by atoms with Gasteiger partial charge in [0.1, 0.15) is 5.52 Å². The highest BCUT2D eigenvalue weighted by molar-refractivity contribution is 5.77. The fourth-order valence-electron chi connectivity index (χ4n) is 4.91. The van der Waals surface area contributed by atoms with E-state index in [1.807, 2.05) is 12.1 Å². The molecule has 0 atom stereocenters. The van der Waals surface area contributed by atoms with Gasteiger partial charge in [-0.05, 0) is 50.9 Å². The number of carbonyl (C=O) groups is 1. The van der Waals surface area contributed by atoms with Gasteiger partial charge in [-0.15, -0.1) is 5.10 Å². The molecule has 1 N–H and O–H groups in total. The predicted octanol–water partition coefficient (Wildman–Crippen LogP) is 2.49. The van der Waals surface area contributed by atoms with E-state index in [1.165, 1.54) is 56.0 Å². The van der Waals surface area contributed by atoms with Gasteiger partial charge in [-0.25, -0.2) is 4.68 Å². The maximum Gasteiger partial charge on any atom is 0.277 e. The highest BCUT2D eigenvalue weighted by atomic mass is 16.2. The third kappa shape index (κ3) is 4.50. The normalized spacial score (nSPS) is 19.9. The van der Waals surface area contributed by atoms with Crippen LogP contribution in [-0.2, 0) is 11.3 Å². The summed E-state index contributed by atoms with van der Waals surface area (Å²) in [5.41, 5.74) is 0.507. The van der Waals surface area contributed by atoms with Crippen LogP contribution < -0.4 is 10.9 Å². The molecule has 2 fully saturated rings. The van der Waals surface area contributed by atoms with E-state index in [4.69, 9.17) is 0 Å². The number of aromatic nitrogens is 3. The van der Waals surface area contributed by atoms with Crippen molar-refractivity contribution < 1.29 is 4.79 Å². The van der Waals surface area contributed by atoms with Crippen molar-refractivity contribution in [1.82, 2.24) is 25.2 Å². The van der Waals surface area contributed by atoms with Crippen LogP contribution in [0.25, 0.3) is 10.9 Å². The van der Waals surface area contributed by atoms with Crippen LogP contribution in [0.3, 0.4) is 0 Å². The first-order valence-electron chi connectivity index (χ1n) is 11.0. The number of carbonyl (C=O) groups excluding carboxylic acids is 1. The standard InChI is InChI=1S/C22H31N5O2/c28-20(11-16-27-21(29)18-9-3-4-10-19(18)24-25-27)23-17-22(12-5-1-6-13-22)26-14-7-2-8-15-26/h3-4,9-10H,1-2,5-8,11-17H2,(H,23,28). The first-order chi connectivity index (χ1) is 14.2. The smallest absolute Gasteiger partial charge is 0.277 e. The maximum absolute atomic E-state index is 12.6. The molecule has 1 aliphatic carbocycles. The van der Waals surface area contributed by atoms with Crippen LogP contribution in [0.15, 0.2) is 29.1 Å². The second-order valence-corrected chi connectivity index (χ2v) is 8.49. The molecule has 1 amide bonds. The van der Waals surface area contributed by atoms with Crippen LogP contribution in [0.5, 0.6) is 0 Å². The number of hydrogen-bond donors (Lipinski definition) is 1. The summed E-state index contributed by atoms with van der Waals surface area (Å²) in [6.45, 7) is 3.26. The van der Waals surface area contributed by atoms with Gasteiger partial charge in [0.05, 0.1) is 11.9 Å². The topological polar surface area (TPSA) is 80.1 Å². The molecule has 2 aromatic rings. The molecule has 7 heteroatoms. The average molecular weight is 398 g/mol. The zero-order valence-corrected chi connectivity index (χ0v) is 17.1. The molecule has 7 nitrogen and oxygen atoms in total. The van der Waals surface area contributed by atoms with Crippen LogP contribution in [-0.4, -0.2) is 51.0 Å². The van der Waals surface area contributed by atoms with Gasteiger partial charge in [0.15, 0.2) is 0 Å². The molecule has 0 radical (unpaired) electrons. The second kappa shape index (κ2) is 9.03. The SMILES string of the molecule is O=C(CCn1nnc2ccccc2c1=O)NCC1(N2CCCCC2)CCCCC1. The van der Waals surface area contributed by atoms with Gasteiger partial charge in [0.2, 0.25) is 5.91 Å². The number of hydrogen-bond acceptors (Lipinski definition) is 5. The summed E-state index contributed by atoms with van der Waals surface area (Å²) >= 11 is 0. The lowest BCUT2D eigenvalue weighted by atomic mass is 9.79. The molecule has 0 spiro atoms. The molecule has 2 aliphatic rings. The molecule has 1 saturated carbocycles. The van der Waals surface area contributed by atoms with Crippen molar-refractivity contribution in [2.75, 3.05) is 19.6 Å². The molecule has 1 saturated heterocycles. The first-order valence-corrected chi connectivity index (χ1v) is 11.0. The zero-order chi connectivity index (χ0) is 20.1. The minimum atomic E-state index is -0.194. The van der Waals surface area contributed by atoms with Crippen molar-refractivity contribution >= 4 is 16.8 Å². The summed E-state index contributed by atoms with van der Waals surface area (Å²) in [5.74, 6) is -0.0196. The third-order valence-electron chi connectivity index (χ3n) is 6.61. The molecular formula is C22H31N5O2. The molecule has 156 valence electrons. The van der Waals surface area contributed by atoms with Crippen LogP contribution >= 0.6 is 0 Å². The Balaban J connectivity index is 1.36. The van der Waals surface area contributed by atoms with E-state index in [2.05, 4.69) is 20.5 Å². The van der Waals surface area contributed by atoms with Crippen LogP contribution in [0, 0.1) is 0 Å². The molecule has 0 bridgehead atoms. The van der Waals surface area contributed by atoms with Crippen molar-refractivity contribution in [3.05, 3.63) is 34.6 Å². The van der Waals surface area contributed by atoms with Crippen molar-refractivity contribution in [1.29, 1.82) is 0 Å². The van der Waals surface area contributed by atoms with Crippen molar-refractivity contribution in [3.63, 3.8) is 0 Å². The minimum Gasteiger partial charge on any atom is -0.354 e.